The summed E-state index contributed by atoms with van der Waals surface area (Å²) in [6.45, 7) is 2.79. The molecule has 4 aromatic rings. The molecule has 1 saturated heterocycles. The maximum Gasteiger partial charge on any atom is 0.257 e. The quantitative estimate of drug-likeness (QED) is 0.366. The highest BCUT2D eigenvalue weighted by Crippen LogP contribution is 2.28. The number of para-hydroxylation sites is 1. The first-order valence-corrected chi connectivity index (χ1v) is 14.9. The van der Waals surface area contributed by atoms with Crippen LogP contribution in [0.3, 0.4) is 0 Å². The van der Waals surface area contributed by atoms with Crippen molar-refractivity contribution in [3.8, 4) is 0 Å². The van der Waals surface area contributed by atoms with Crippen LogP contribution in [0, 0.1) is 0 Å². The van der Waals surface area contributed by atoms with Gasteiger partial charge in [-0.1, -0.05) is 36.4 Å². The van der Waals surface area contributed by atoms with Gasteiger partial charge in [0.05, 0.1) is 10.5 Å². The second-order valence-electron chi connectivity index (χ2n) is 10.1. The van der Waals surface area contributed by atoms with Crippen LogP contribution in [0.2, 0.25) is 0 Å². The lowest BCUT2D eigenvalue weighted by atomic mass is 10.1. The summed E-state index contributed by atoms with van der Waals surface area (Å²) in [5.74, 6) is -0.259. The Morgan fingerprint density at radius 2 is 1.56 bits per heavy atom. The molecule has 10 nitrogen and oxygen atoms in total. The first-order chi connectivity index (χ1) is 19.9. The molecule has 1 fully saturated rings. The summed E-state index contributed by atoms with van der Waals surface area (Å²) in [5, 5.41) is 7.12. The monoisotopic (exact) mass is 570 g/mol. The van der Waals surface area contributed by atoms with Gasteiger partial charge in [-0.3, -0.25) is 14.3 Å². The Morgan fingerprint density at radius 3 is 2.32 bits per heavy atom. The molecule has 210 valence electrons. The van der Waals surface area contributed by atoms with Gasteiger partial charge in [0.25, 0.3) is 5.91 Å². The largest absolute Gasteiger partial charge is 0.368 e. The van der Waals surface area contributed by atoms with Crippen LogP contribution >= 0.6 is 0 Å². The van der Waals surface area contributed by atoms with E-state index in [1.54, 1.807) is 64.4 Å². The first kappa shape index (κ1) is 26.7. The summed E-state index contributed by atoms with van der Waals surface area (Å²) in [4.78, 5) is 30.3. The van der Waals surface area contributed by atoms with Crippen LogP contribution in [-0.2, 0) is 34.5 Å². The summed E-state index contributed by atoms with van der Waals surface area (Å²) in [5.41, 5.74) is 3.99. The number of fused-ring (bicyclic) bond motifs is 1. The molecule has 0 unspecified atom stereocenters. The number of piperazine rings is 1. The molecule has 0 saturated carbocycles. The smallest absolute Gasteiger partial charge is 0.257 e. The second kappa shape index (κ2) is 11.2. The summed E-state index contributed by atoms with van der Waals surface area (Å²) in [6.07, 6.45) is 3.41. The number of nitrogens with one attached hydrogen (secondary N) is 1. The predicted octanol–water partition coefficient (Wildman–Crippen LogP) is 3.19. The number of rotatable bonds is 7. The predicted molar refractivity (Wildman–Crippen MR) is 155 cm³/mol. The molecule has 0 atom stereocenters. The van der Waals surface area contributed by atoms with E-state index in [-0.39, 0.29) is 23.3 Å². The Labute approximate surface area is 238 Å². The first-order valence-electron chi connectivity index (χ1n) is 13.5. The lowest BCUT2D eigenvalue weighted by Gasteiger charge is -2.36. The number of carbonyl (C=O) groups is 2. The number of carbonyl (C=O) groups excluding carboxylic acids is 2. The van der Waals surface area contributed by atoms with Crippen LogP contribution in [0.25, 0.3) is 0 Å². The molecule has 1 aromatic heterocycles. The van der Waals surface area contributed by atoms with E-state index in [0.717, 1.165) is 16.8 Å². The molecular weight excluding hydrogens is 540 g/mol. The summed E-state index contributed by atoms with van der Waals surface area (Å²) in [7, 11) is -3.56. The molecule has 3 aromatic carbocycles. The Bertz CT molecular complexity index is 1670. The van der Waals surface area contributed by atoms with Crippen LogP contribution in [0.1, 0.15) is 21.5 Å². The van der Waals surface area contributed by atoms with Crippen molar-refractivity contribution in [2.45, 2.75) is 24.5 Å². The average molecular weight is 571 g/mol. The molecule has 41 heavy (non-hydrogen) atoms. The van der Waals surface area contributed by atoms with Crippen molar-refractivity contribution in [1.29, 1.82) is 0 Å². The van der Waals surface area contributed by atoms with E-state index < -0.39 is 10.0 Å². The summed E-state index contributed by atoms with van der Waals surface area (Å²) < 4.78 is 29.2. The Morgan fingerprint density at radius 1 is 0.829 bits per heavy atom. The number of benzene rings is 3. The minimum Gasteiger partial charge on any atom is -0.368 e. The molecule has 0 radical (unpaired) electrons. The number of sulfonamides is 1. The van der Waals surface area contributed by atoms with E-state index in [1.165, 1.54) is 4.31 Å². The van der Waals surface area contributed by atoms with Gasteiger partial charge in [-0.05, 0) is 53.6 Å². The van der Waals surface area contributed by atoms with Crippen molar-refractivity contribution >= 4 is 33.2 Å². The van der Waals surface area contributed by atoms with Crippen LogP contribution in [-0.4, -0.2) is 65.4 Å². The zero-order chi connectivity index (χ0) is 28.4. The number of hydrogen-bond acceptors (Lipinski definition) is 6. The fourth-order valence-electron chi connectivity index (χ4n) is 5.33. The third kappa shape index (κ3) is 5.59. The van der Waals surface area contributed by atoms with Gasteiger partial charge in [0.2, 0.25) is 15.9 Å². The molecule has 2 amide bonds. The third-order valence-corrected chi connectivity index (χ3v) is 9.42. The van der Waals surface area contributed by atoms with Crippen molar-refractivity contribution in [1.82, 2.24) is 19.0 Å². The highest BCUT2D eigenvalue weighted by molar-refractivity contribution is 7.89. The van der Waals surface area contributed by atoms with Crippen molar-refractivity contribution in [3.05, 3.63) is 108 Å². The maximum absolute atomic E-state index is 13.4. The van der Waals surface area contributed by atoms with Crippen molar-refractivity contribution in [2.24, 2.45) is 0 Å². The fraction of sp³-hybridized carbons (Fsp3) is 0.233. The third-order valence-electron chi connectivity index (χ3n) is 7.50. The molecule has 0 aliphatic carbocycles. The van der Waals surface area contributed by atoms with Crippen molar-refractivity contribution in [3.63, 3.8) is 0 Å². The Kier molecular flexibility index (Phi) is 7.29. The molecule has 3 heterocycles. The van der Waals surface area contributed by atoms with Gasteiger partial charge in [0.15, 0.2) is 0 Å². The topological polar surface area (TPSA) is 108 Å². The van der Waals surface area contributed by atoms with E-state index >= 15 is 0 Å². The standard InChI is InChI=1S/C30H30N6O4S/c37-29(22-35-14-6-13-31-35)34-20-23-11-12-25(19-24(23)21-34)32-30(38)27-9-4-5-10-28(27)33-15-17-36(18-16-33)41(39,40)26-7-2-1-3-8-26/h1-14,19H,15-18,20-22H2,(H,32,38). The average Bonchev–Trinajstić information content (AvgIpc) is 3.67. The number of amides is 2. The van der Waals surface area contributed by atoms with Gasteiger partial charge in [-0.2, -0.15) is 9.40 Å². The lowest BCUT2D eigenvalue weighted by Crippen LogP contribution is -2.49. The Balaban J connectivity index is 1.11. The van der Waals surface area contributed by atoms with E-state index in [1.807, 2.05) is 36.4 Å². The molecule has 2 aliphatic rings. The summed E-state index contributed by atoms with van der Waals surface area (Å²) >= 11 is 0. The van der Waals surface area contributed by atoms with Gasteiger partial charge >= 0.3 is 0 Å². The zero-order valence-corrected chi connectivity index (χ0v) is 23.2. The van der Waals surface area contributed by atoms with Gasteiger partial charge < -0.3 is 15.1 Å². The minimum atomic E-state index is -3.56. The molecule has 11 heteroatoms. The fourth-order valence-corrected chi connectivity index (χ4v) is 6.78. The van der Waals surface area contributed by atoms with Crippen molar-refractivity contribution in [2.75, 3.05) is 36.4 Å². The van der Waals surface area contributed by atoms with Crippen LogP contribution in [0.5, 0.6) is 0 Å². The number of aromatic nitrogens is 2. The maximum atomic E-state index is 13.4. The van der Waals surface area contributed by atoms with E-state index in [0.29, 0.717) is 50.5 Å². The number of anilines is 2. The van der Waals surface area contributed by atoms with Crippen LogP contribution in [0.15, 0.2) is 96.2 Å². The molecule has 0 bridgehead atoms. The zero-order valence-electron chi connectivity index (χ0n) is 22.4. The van der Waals surface area contributed by atoms with Gasteiger partial charge in [0.1, 0.15) is 6.54 Å². The molecule has 6 rings (SSSR count). The van der Waals surface area contributed by atoms with E-state index in [4.69, 9.17) is 0 Å². The highest BCUT2D eigenvalue weighted by atomic mass is 32.2. The normalized spacial score (nSPS) is 15.5. The number of nitrogens with zero attached hydrogens (tertiary/aromatic N) is 5. The minimum absolute atomic E-state index is 0.0129. The second-order valence-corrected chi connectivity index (χ2v) is 12.1. The SMILES string of the molecule is O=C(Nc1ccc2c(c1)CN(C(=O)Cn1cccn1)C2)c1ccccc1N1CCN(S(=O)(=O)c2ccccc2)CC1. The van der Waals surface area contributed by atoms with Gasteiger partial charge in [-0.15, -0.1) is 0 Å². The molecule has 2 aliphatic heterocycles. The summed E-state index contributed by atoms with van der Waals surface area (Å²) in [6, 6.07) is 23.3. The Hall–Kier alpha value is -4.48. The molecule has 1 N–H and O–H groups in total. The van der Waals surface area contributed by atoms with Gasteiger partial charge in [-0.25, -0.2) is 8.42 Å². The van der Waals surface area contributed by atoms with E-state index in [9.17, 15) is 18.0 Å². The molecule has 0 spiro atoms. The van der Waals surface area contributed by atoms with E-state index in [2.05, 4.69) is 15.3 Å². The lowest BCUT2D eigenvalue weighted by molar-refractivity contribution is -0.132. The van der Waals surface area contributed by atoms with Crippen LogP contribution < -0.4 is 10.2 Å². The molecular formula is C30H30N6O4S. The van der Waals surface area contributed by atoms with Crippen LogP contribution in [0.4, 0.5) is 11.4 Å². The highest BCUT2D eigenvalue weighted by Gasteiger charge is 2.30. The van der Waals surface area contributed by atoms with Crippen molar-refractivity contribution < 1.29 is 18.0 Å². The number of hydrogen-bond donors (Lipinski definition) is 1. The van der Waals surface area contributed by atoms with Gasteiger partial charge in [0, 0.05) is 63.0 Å².